The third kappa shape index (κ3) is 7.60. The first kappa shape index (κ1) is 30.6. The predicted octanol–water partition coefficient (Wildman–Crippen LogP) is 4.98. The summed E-state index contributed by atoms with van der Waals surface area (Å²) in [5, 5.41) is 0. The Morgan fingerprint density at radius 2 is 1.56 bits per heavy atom. The molecule has 0 radical (unpaired) electrons. The molecule has 1 unspecified atom stereocenters. The van der Waals surface area contributed by atoms with Gasteiger partial charge in [-0.2, -0.15) is 39.5 Å². The van der Waals surface area contributed by atoms with E-state index in [1.807, 2.05) is 0 Å². The summed E-state index contributed by atoms with van der Waals surface area (Å²) >= 11 is 0. The summed E-state index contributed by atoms with van der Waals surface area (Å²) in [4.78, 5) is 28.4. The van der Waals surface area contributed by atoms with Gasteiger partial charge in [0.2, 0.25) is 0 Å². The quantitative estimate of drug-likeness (QED) is 0.350. The highest BCUT2D eigenvalue weighted by atomic mass is 19.4. The minimum absolute atomic E-state index is 0.000427. The number of rotatable bonds is 6. The average molecular weight is 579 g/mol. The first-order valence-corrected chi connectivity index (χ1v) is 12.0. The summed E-state index contributed by atoms with van der Waals surface area (Å²) < 4.78 is 125. The molecule has 1 aromatic rings. The van der Waals surface area contributed by atoms with E-state index >= 15 is 0 Å². The van der Waals surface area contributed by atoms with Gasteiger partial charge in [0.25, 0.3) is 6.10 Å². The van der Waals surface area contributed by atoms with Gasteiger partial charge in [0, 0.05) is 45.0 Å². The second kappa shape index (κ2) is 11.7. The fourth-order valence-corrected chi connectivity index (χ4v) is 4.50. The Morgan fingerprint density at radius 1 is 0.949 bits per heavy atom. The lowest BCUT2D eigenvalue weighted by Crippen LogP contribution is -2.52. The Morgan fingerprint density at radius 3 is 2.10 bits per heavy atom. The molecule has 0 saturated carbocycles. The third-order valence-corrected chi connectivity index (χ3v) is 6.37. The largest absolute Gasteiger partial charge is 0.464 e. The monoisotopic (exact) mass is 579 g/mol. The van der Waals surface area contributed by atoms with Crippen LogP contribution in [0.2, 0.25) is 0 Å². The molecule has 0 spiro atoms. The number of amides is 1. The van der Waals surface area contributed by atoms with Crippen molar-refractivity contribution in [3.8, 4) is 0 Å². The number of carbonyl (C=O) groups excluding carboxylic acids is 2. The van der Waals surface area contributed by atoms with Crippen LogP contribution in [0.5, 0.6) is 0 Å². The van der Waals surface area contributed by atoms with Crippen LogP contribution in [0, 0.1) is 0 Å². The molecule has 0 bridgehead atoms. The molecule has 1 atom stereocenters. The van der Waals surface area contributed by atoms with Crippen LogP contribution in [-0.4, -0.2) is 85.7 Å². The molecule has 16 heteroatoms. The van der Waals surface area contributed by atoms with E-state index in [4.69, 9.17) is 4.74 Å². The molecule has 2 aliphatic rings. The molecule has 1 amide bonds. The molecule has 2 aliphatic heterocycles. The number of esters is 1. The molecule has 1 aromatic carbocycles. The second-order valence-electron chi connectivity index (χ2n) is 9.05. The number of ether oxygens (including phenoxy) is 2. The summed E-state index contributed by atoms with van der Waals surface area (Å²) in [5.41, 5.74) is -0.336. The van der Waals surface area contributed by atoms with Crippen LogP contribution in [0.4, 0.5) is 50.0 Å². The summed E-state index contributed by atoms with van der Waals surface area (Å²) in [6.45, 7) is 1.51. The maximum absolute atomic E-state index is 13.5. The highest BCUT2D eigenvalue weighted by Gasteiger charge is 2.60. The Hall–Kier alpha value is -2.91. The molecule has 0 aromatic heterocycles. The molecule has 2 heterocycles. The number of hydrogen-bond donors (Lipinski definition) is 0. The van der Waals surface area contributed by atoms with Crippen molar-refractivity contribution in [2.24, 2.45) is 0 Å². The number of hydrogen-bond acceptors (Lipinski definition) is 6. The van der Waals surface area contributed by atoms with Crippen LogP contribution in [0.3, 0.4) is 0 Å². The van der Waals surface area contributed by atoms with E-state index in [1.165, 1.54) is 6.07 Å². The van der Waals surface area contributed by atoms with Gasteiger partial charge >= 0.3 is 30.6 Å². The van der Waals surface area contributed by atoms with Gasteiger partial charge in [0.15, 0.2) is 0 Å². The van der Waals surface area contributed by atoms with Crippen molar-refractivity contribution in [2.75, 3.05) is 44.2 Å². The van der Waals surface area contributed by atoms with Crippen molar-refractivity contribution in [1.29, 1.82) is 0 Å². The highest BCUT2D eigenvalue weighted by molar-refractivity contribution is 5.81. The fraction of sp³-hybridized carbons (Fsp3) is 0.652. The van der Waals surface area contributed by atoms with Crippen LogP contribution in [-0.2, 0) is 27.0 Å². The van der Waals surface area contributed by atoms with E-state index in [2.05, 4.69) is 4.74 Å². The zero-order valence-electron chi connectivity index (χ0n) is 20.6. The van der Waals surface area contributed by atoms with Crippen LogP contribution >= 0.6 is 0 Å². The molecule has 220 valence electrons. The van der Waals surface area contributed by atoms with Gasteiger partial charge in [-0.25, -0.2) is 9.59 Å². The number of nitrogens with zero attached hydrogens (tertiary/aromatic N) is 3. The van der Waals surface area contributed by atoms with E-state index in [9.17, 15) is 49.1 Å². The Bertz CT molecular complexity index is 1010. The highest BCUT2D eigenvalue weighted by Crippen LogP contribution is 2.38. The van der Waals surface area contributed by atoms with Crippen LogP contribution < -0.4 is 4.90 Å². The molecule has 2 saturated heterocycles. The number of alkyl halides is 9. The topological polar surface area (TPSA) is 62.3 Å². The summed E-state index contributed by atoms with van der Waals surface area (Å²) in [6.07, 6.45) is -21.5. The smallest absolute Gasteiger partial charge is 0.434 e. The average Bonchev–Trinajstić information content (AvgIpc) is 3.31. The Labute approximate surface area is 217 Å². The van der Waals surface area contributed by atoms with E-state index in [1.54, 1.807) is 16.7 Å². The molecule has 3 rings (SSSR count). The normalized spacial score (nSPS) is 19.5. The van der Waals surface area contributed by atoms with Crippen molar-refractivity contribution < 1.29 is 58.6 Å². The lowest BCUT2D eigenvalue weighted by atomic mass is 10.1. The molecule has 7 nitrogen and oxygen atoms in total. The van der Waals surface area contributed by atoms with Crippen molar-refractivity contribution in [3.05, 3.63) is 29.3 Å². The Kier molecular flexibility index (Phi) is 9.17. The zero-order valence-corrected chi connectivity index (χ0v) is 20.6. The molecule has 0 N–H and O–H groups in total. The van der Waals surface area contributed by atoms with Gasteiger partial charge in [-0.15, -0.1) is 0 Å². The van der Waals surface area contributed by atoms with Gasteiger partial charge < -0.3 is 19.3 Å². The van der Waals surface area contributed by atoms with E-state index in [0.29, 0.717) is 29.8 Å². The van der Waals surface area contributed by atoms with E-state index in [0.717, 1.165) is 12.1 Å². The van der Waals surface area contributed by atoms with Crippen LogP contribution in [0.15, 0.2) is 18.2 Å². The molecule has 0 aliphatic carbocycles. The summed E-state index contributed by atoms with van der Waals surface area (Å²) in [5.74, 6) is -0.568. The first-order chi connectivity index (χ1) is 18.0. The fourth-order valence-electron chi connectivity index (χ4n) is 4.50. The van der Waals surface area contributed by atoms with Gasteiger partial charge in [-0.05, 0) is 37.5 Å². The van der Waals surface area contributed by atoms with Gasteiger partial charge in [0.1, 0.15) is 6.04 Å². The van der Waals surface area contributed by atoms with Gasteiger partial charge in [-0.3, -0.25) is 4.90 Å². The molecular weight excluding hydrogens is 553 g/mol. The van der Waals surface area contributed by atoms with Crippen LogP contribution in [0.1, 0.15) is 30.9 Å². The second-order valence-corrected chi connectivity index (χ2v) is 9.05. The van der Waals surface area contributed by atoms with Crippen molar-refractivity contribution >= 4 is 17.7 Å². The zero-order chi connectivity index (χ0) is 29.2. The van der Waals surface area contributed by atoms with Crippen LogP contribution in [0.25, 0.3) is 0 Å². The SMILES string of the molecule is CCOC(=O)C1CCCN1c1cc(C(F)(F)F)ccc1CN1CCN(C(=O)OC(C(F)(F)F)C(F)(F)F)CC1. The molecule has 39 heavy (non-hydrogen) atoms. The van der Waals surface area contributed by atoms with E-state index in [-0.39, 0.29) is 45.0 Å². The lowest BCUT2D eigenvalue weighted by molar-refractivity contribution is -0.308. The lowest BCUT2D eigenvalue weighted by Gasteiger charge is -2.36. The first-order valence-electron chi connectivity index (χ1n) is 12.0. The number of halogens is 9. The van der Waals surface area contributed by atoms with Gasteiger partial charge in [-0.1, -0.05) is 6.07 Å². The summed E-state index contributed by atoms with van der Waals surface area (Å²) in [6, 6.07) is 2.30. The maximum Gasteiger partial charge on any atom is 0.434 e. The standard InChI is InChI=1S/C23H26F9N3O4/c1-2-38-18(36)16-4-3-7-35(16)17-12-15(21(24,25)26)6-5-14(17)13-33-8-10-34(11-9-33)20(37)39-19(22(27,28)29)23(30,31)32/h5-6,12,16,19H,2-4,7-11,13H2,1H3. The number of carbonyl (C=O) groups is 2. The molecule has 2 fully saturated rings. The minimum Gasteiger partial charge on any atom is -0.464 e. The molecular formula is C23H26F9N3O4. The van der Waals surface area contributed by atoms with Crippen molar-refractivity contribution in [2.45, 2.75) is 57.0 Å². The van der Waals surface area contributed by atoms with E-state index < -0.39 is 48.3 Å². The Balaban J connectivity index is 1.73. The van der Waals surface area contributed by atoms with Crippen molar-refractivity contribution in [3.63, 3.8) is 0 Å². The van der Waals surface area contributed by atoms with Crippen molar-refractivity contribution in [1.82, 2.24) is 9.80 Å². The third-order valence-electron chi connectivity index (χ3n) is 6.37. The minimum atomic E-state index is -5.84. The van der Waals surface area contributed by atoms with Gasteiger partial charge in [0.05, 0.1) is 12.2 Å². The summed E-state index contributed by atoms with van der Waals surface area (Å²) in [7, 11) is 0. The number of piperazine rings is 1. The number of benzene rings is 1. The predicted molar refractivity (Wildman–Crippen MR) is 118 cm³/mol. The number of anilines is 1. The maximum atomic E-state index is 13.5.